The van der Waals surface area contributed by atoms with Gasteiger partial charge in [0, 0.05) is 0 Å². The number of methoxy groups -OCH3 is 1. The lowest BCUT2D eigenvalue weighted by Crippen LogP contribution is -2.36. The molecule has 4 N–H and O–H groups in total. The van der Waals surface area contributed by atoms with Gasteiger partial charge in [-0.05, 0) is 30.9 Å². The first-order valence-electron chi connectivity index (χ1n) is 5.94. The van der Waals surface area contributed by atoms with Crippen LogP contribution in [0.2, 0.25) is 0 Å². The summed E-state index contributed by atoms with van der Waals surface area (Å²) in [4.78, 5) is 0. The summed E-state index contributed by atoms with van der Waals surface area (Å²) in [6.45, 7) is 0. The highest BCUT2D eigenvalue weighted by Gasteiger charge is 2.33. The van der Waals surface area contributed by atoms with Crippen LogP contribution in [-0.2, 0) is 0 Å². The van der Waals surface area contributed by atoms with E-state index >= 15 is 0 Å². The van der Waals surface area contributed by atoms with E-state index in [2.05, 4.69) is 0 Å². The molecule has 0 aliphatic heterocycles. The number of nitrogens with two attached hydrogens (primary N) is 1. The fraction of sp³-hybridized carbons (Fsp3) is 0.538. The first-order chi connectivity index (χ1) is 8.15. The molecule has 4 nitrogen and oxygen atoms in total. The minimum Gasteiger partial charge on any atom is -0.507 e. The normalized spacial score (nSPS) is 19.5. The van der Waals surface area contributed by atoms with Crippen molar-refractivity contribution in [3.05, 3.63) is 23.8 Å². The standard InChI is InChI=1S/C13H19NO3/c1-17-10-7-3-6-9(15)11(10)12(14)13(16)8-4-2-5-8/h3,6-8,12-13,15-16H,2,4-5,14H2,1H3/t12-,13+/m0/s1. The van der Waals surface area contributed by atoms with Gasteiger partial charge in [0.1, 0.15) is 11.5 Å². The molecule has 0 aromatic heterocycles. The van der Waals surface area contributed by atoms with Gasteiger partial charge in [-0.1, -0.05) is 12.5 Å². The van der Waals surface area contributed by atoms with E-state index in [1.165, 1.54) is 7.11 Å². The van der Waals surface area contributed by atoms with Crippen molar-refractivity contribution in [3.63, 3.8) is 0 Å². The lowest BCUT2D eigenvalue weighted by atomic mass is 9.77. The largest absolute Gasteiger partial charge is 0.507 e. The van der Waals surface area contributed by atoms with Gasteiger partial charge in [-0.2, -0.15) is 0 Å². The van der Waals surface area contributed by atoms with Gasteiger partial charge in [0.25, 0.3) is 0 Å². The predicted molar refractivity (Wildman–Crippen MR) is 64.9 cm³/mol. The molecule has 0 amide bonds. The van der Waals surface area contributed by atoms with E-state index in [4.69, 9.17) is 10.5 Å². The maximum absolute atomic E-state index is 10.1. The molecule has 0 spiro atoms. The molecule has 94 valence electrons. The maximum atomic E-state index is 10.1. The summed E-state index contributed by atoms with van der Waals surface area (Å²) in [5, 5.41) is 20.0. The summed E-state index contributed by atoms with van der Waals surface area (Å²) >= 11 is 0. The fourth-order valence-electron chi connectivity index (χ4n) is 2.29. The van der Waals surface area contributed by atoms with Crippen LogP contribution in [0.5, 0.6) is 11.5 Å². The molecule has 2 atom stereocenters. The van der Waals surface area contributed by atoms with Gasteiger partial charge < -0.3 is 20.7 Å². The molecule has 0 unspecified atom stereocenters. The Morgan fingerprint density at radius 3 is 2.65 bits per heavy atom. The first kappa shape index (κ1) is 12.2. The second kappa shape index (κ2) is 4.94. The predicted octanol–water partition coefficient (Wildman–Crippen LogP) is 1.56. The Balaban J connectivity index is 2.25. The second-order valence-corrected chi connectivity index (χ2v) is 4.60. The van der Waals surface area contributed by atoms with Crippen molar-refractivity contribution in [2.75, 3.05) is 7.11 Å². The van der Waals surface area contributed by atoms with Gasteiger partial charge in [0.05, 0.1) is 24.8 Å². The Morgan fingerprint density at radius 2 is 2.12 bits per heavy atom. The Hall–Kier alpha value is -1.26. The fourth-order valence-corrected chi connectivity index (χ4v) is 2.29. The summed E-state index contributed by atoms with van der Waals surface area (Å²) < 4.78 is 5.18. The molecular formula is C13H19NO3. The van der Waals surface area contributed by atoms with Crippen LogP contribution in [0.4, 0.5) is 0 Å². The second-order valence-electron chi connectivity index (χ2n) is 4.60. The van der Waals surface area contributed by atoms with Crippen molar-refractivity contribution in [1.82, 2.24) is 0 Å². The molecule has 1 fully saturated rings. The monoisotopic (exact) mass is 237 g/mol. The molecule has 0 radical (unpaired) electrons. The Bertz CT molecular complexity index is 390. The topological polar surface area (TPSA) is 75.7 Å². The highest BCUT2D eigenvalue weighted by Crippen LogP contribution is 2.39. The zero-order valence-electron chi connectivity index (χ0n) is 9.97. The van der Waals surface area contributed by atoms with Crippen molar-refractivity contribution in [2.24, 2.45) is 11.7 Å². The molecule has 4 heteroatoms. The van der Waals surface area contributed by atoms with E-state index in [-0.39, 0.29) is 11.7 Å². The molecule has 0 bridgehead atoms. The Morgan fingerprint density at radius 1 is 1.41 bits per heavy atom. The smallest absolute Gasteiger partial charge is 0.127 e. The van der Waals surface area contributed by atoms with Gasteiger partial charge in [-0.3, -0.25) is 0 Å². The number of aliphatic hydroxyl groups excluding tert-OH is 1. The number of rotatable bonds is 4. The van der Waals surface area contributed by atoms with E-state index in [0.29, 0.717) is 11.3 Å². The van der Waals surface area contributed by atoms with Gasteiger partial charge in [-0.15, -0.1) is 0 Å². The summed E-state index contributed by atoms with van der Waals surface area (Å²) in [5.41, 5.74) is 6.53. The van der Waals surface area contributed by atoms with Crippen LogP contribution >= 0.6 is 0 Å². The SMILES string of the molecule is COc1cccc(O)c1[C@H](N)[C@H](O)C1CCC1. The average Bonchev–Trinajstić information content (AvgIpc) is 2.25. The number of phenols is 1. The zero-order chi connectivity index (χ0) is 12.4. The van der Waals surface area contributed by atoms with Gasteiger partial charge in [-0.25, -0.2) is 0 Å². The van der Waals surface area contributed by atoms with Gasteiger partial charge in [0.15, 0.2) is 0 Å². The lowest BCUT2D eigenvalue weighted by Gasteiger charge is -2.34. The molecule has 2 rings (SSSR count). The number of phenolic OH excluding ortho intramolecular Hbond substituents is 1. The van der Waals surface area contributed by atoms with Crippen molar-refractivity contribution < 1.29 is 14.9 Å². The van der Waals surface area contributed by atoms with Crippen LogP contribution in [0.15, 0.2) is 18.2 Å². The Kier molecular flexibility index (Phi) is 3.54. The Labute approximate surface area is 101 Å². The van der Waals surface area contributed by atoms with Crippen molar-refractivity contribution in [1.29, 1.82) is 0 Å². The van der Waals surface area contributed by atoms with E-state index in [9.17, 15) is 10.2 Å². The lowest BCUT2D eigenvalue weighted by molar-refractivity contribution is 0.0401. The van der Waals surface area contributed by atoms with E-state index < -0.39 is 12.1 Å². The average molecular weight is 237 g/mol. The van der Waals surface area contributed by atoms with Crippen LogP contribution in [0, 0.1) is 5.92 Å². The third kappa shape index (κ3) is 2.23. The van der Waals surface area contributed by atoms with Crippen LogP contribution in [-0.4, -0.2) is 23.4 Å². The maximum Gasteiger partial charge on any atom is 0.127 e. The number of benzene rings is 1. The first-order valence-corrected chi connectivity index (χ1v) is 5.94. The van der Waals surface area contributed by atoms with Crippen LogP contribution < -0.4 is 10.5 Å². The zero-order valence-corrected chi connectivity index (χ0v) is 9.97. The van der Waals surface area contributed by atoms with Gasteiger partial charge in [0.2, 0.25) is 0 Å². The van der Waals surface area contributed by atoms with Crippen molar-refractivity contribution in [2.45, 2.75) is 31.4 Å². The molecule has 0 heterocycles. The third-order valence-electron chi connectivity index (χ3n) is 3.60. The van der Waals surface area contributed by atoms with Crippen molar-refractivity contribution in [3.8, 4) is 11.5 Å². The summed E-state index contributed by atoms with van der Waals surface area (Å²) in [5.74, 6) is 0.848. The molecular weight excluding hydrogens is 218 g/mol. The quantitative estimate of drug-likeness (QED) is 0.743. The minimum atomic E-state index is -0.619. The highest BCUT2D eigenvalue weighted by atomic mass is 16.5. The molecule has 1 aromatic rings. The van der Waals surface area contributed by atoms with Crippen molar-refractivity contribution >= 4 is 0 Å². The van der Waals surface area contributed by atoms with Crippen LogP contribution in [0.25, 0.3) is 0 Å². The summed E-state index contributed by atoms with van der Waals surface area (Å²) in [6.07, 6.45) is 2.54. The number of hydrogen-bond acceptors (Lipinski definition) is 4. The molecule has 1 saturated carbocycles. The molecule has 1 aliphatic carbocycles. The van der Waals surface area contributed by atoms with Gasteiger partial charge >= 0.3 is 0 Å². The van der Waals surface area contributed by atoms with E-state index in [1.54, 1.807) is 18.2 Å². The van der Waals surface area contributed by atoms with E-state index in [0.717, 1.165) is 19.3 Å². The molecule has 0 saturated heterocycles. The number of aliphatic hydroxyl groups is 1. The molecule has 17 heavy (non-hydrogen) atoms. The van der Waals surface area contributed by atoms with Crippen LogP contribution in [0.3, 0.4) is 0 Å². The molecule has 1 aromatic carbocycles. The highest BCUT2D eigenvalue weighted by molar-refractivity contribution is 5.46. The molecule has 1 aliphatic rings. The number of aromatic hydroxyl groups is 1. The summed E-state index contributed by atoms with van der Waals surface area (Å²) in [6, 6.07) is 4.39. The van der Waals surface area contributed by atoms with Crippen LogP contribution in [0.1, 0.15) is 30.9 Å². The number of hydrogen-bond donors (Lipinski definition) is 3. The number of ether oxygens (including phenoxy) is 1. The minimum absolute atomic E-state index is 0.0789. The van der Waals surface area contributed by atoms with E-state index in [1.807, 2.05) is 0 Å². The summed E-state index contributed by atoms with van der Waals surface area (Å²) in [7, 11) is 1.53. The third-order valence-corrected chi connectivity index (χ3v) is 3.60.